The fourth-order valence-corrected chi connectivity index (χ4v) is 5.00. The second kappa shape index (κ2) is 9.21. The first kappa shape index (κ1) is 21.0. The van der Waals surface area contributed by atoms with E-state index in [-0.39, 0.29) is 26.4 Å². The van der Waals surface area contributed by atoms with Crippen LogP contribution in [0.4, 0.5) is 0 Å². The Labute approximate surface area is 127 Å². The molecule has 0 aromatic rings. The normalized spacial score (nSPS) is 15.7. The lowest BCUT2D eigenvalue weighted by Gasteiger charge is -2.34. The summed E-state index contributed by atoms with van der Waals surface area (Å²) in [5, 5.41) is -1.65. The quantitative estimate of drug-likeness (QED) is 0.384. The molecule has 0 amide bonds. The first-order valence-corrected chi connectivity index (χ1v) is 9.89. The minimum Gasteiger partial charge on any atom is -0.307 e. The average molecular weight is 344 g/mol. The van der Waals surface area contributed by atoms with Crippen LogP contribution in [0.15, 0.2) is 12.7 Å². The maximum absolute atomic E-state index is 12.9. The highest BCUT2D eigenvalue weighted by atomic mass is 31.2. The first-order chi connectivity index (χ1) is 9.76. The fraction of sp³-hybridized carbons (Fsp3) is 0.833. The molecular formula is C12H26O7P2. The maximum atomic E-state index is 12.9. The minimum absolute atomic E-state index is 0.109. The van der Waals surface area contributed by atoms with Gasteiger partial charge in [0.05, 0.1) is 26.4 Å². The SMILES string of the molecule is C=CC(C)(OP(=O)(OCC)OCC)P(=O)(OCC)OCC. The molecule has 126 valence electrons. The van der Waals surface area contributed by atoms with Crippen LogP contribution in [0, 0.1) is 0 Å². The summed E-state index contributed by atoms with van der Waals surface area (Å²) in [4.78, 5) is 0. The maximum Gasteiger partial charge on any atom is 0.476 e. The lowest BCUT2D eigenvalue weighted by molar-refractivity contribution is 0.0660. The summed E-state index contributed by atoms with van der Waals surface area (Å²) in [5.74, 6) is 0. The largest absolute Gasteiger partial charge is 0.476 e. The first-order valence-electron chi connectivity index (χ1n) is 6.89. The molecule has 7 nitrogen and oxygen atoms in total. The van der Waals surface area contributed by atoms with Crippen molar-refractivity contribution in [2.75, 3.05) is 26.4 Å². The second-order valence-electron chi connectivity index (χ2n) is 3.97. The Morgan fingerprint density at radius 3 is 1.57 bits per heavy atom. The second-order valence-corrected chi connectivity index (χ2v) is 7.96. The van der Waals surface area contributed by atoms with Crippen LogP contribution in [0.3, 0.4) is 0 Å². The summed E-state index contributed by atoms with van der Waals surface area (Å²) in [5.41, 5.74) is 0. The van der Waals surface area contributed by atoms with Crippen LogP contribution in [0.1, 0.15) is 34.6 Å². The van der Waals surface area contributed by atoms with Crippen molar-refractivity contribution >= 4 is 15.4 Å². The molecule has 0 N–H and O–H groups in total. The van der Waals surface area contributed by atoms with Gasteiger partial charge in [-0.3, -0.25) is 18.1 Å². The summed E-state index contributed by atoms with van der Waals surface area (Å²) < 4.78 is 51.3. The van der Waals surface area contributed by atoms with Crippen molar-refractivity contribution in [3.8, 4) is 0 Å². The molecule has 0 saturated carbocycles. The molecule has 9 heteroatoms. The number of phosphoric ester groups is 1. The number of phosphoric acid groups is 1. The third kappa shape index (κ3) is 5.61. The molecule has 0 bridgehead atoms. The van der Waals surface area contributed by atoms with Gasteiger partial charge in [0.15, 0.2) is 5.34 Å². The van der Waals surface area contributed by atoms with Crippen molar-refractivity contribution < 1.29 is 31.7 Å². The number of hydrogen-bond acceptors (Lipinski definition) is 7. The zero-order chi connectivity index (χ0) is 16.6. The minimum atomic E-state index is -3.90. The summed E-state index contributed by atoms with van der Waals surface area (Å²) in [6.07, 6.45) is 1.23. The Balaban J connectivity index is 5.54. The molecule has 0 aromatic heterocycles. The Bertz CT molecular complexity index is 392. The average Bonchev–Trinajstić information content (AvgIpc) is 2.39. The van der Waals surface area contributed by atoms with E-state index in [1.54, 1.807) is 27.7 Å². The zero-order valence-electron chi connectivity index (χ0n) is 13.4. The van der Waals surface area contributed by atoms with Gasteiger partial charge in [-0.15, -0.1) is 0 Å². The number of hydrogen-bond donors (Lipinski definition) is 0. The van der Waals surface area contributed by atoms with Crippen LogP contribution in [0.2, 0.25) is 0 Å². The molecule has 0 fully saturated rings. The van der Waals surface area contributed by atoms with E-state index in [0.29, 0.717) is 0 Å². The summed E-state index contributed by atoms with van der Waals surface area (Å²) in [6.45, 7) is 12.1. The van der Waals surface area contributed by atoms with Crippen molar-refractivity contribution in [1.29, 1.82) is 0 Å². The van der Waals surface area contributed by atoms with Gasteiger partial charge in [-0.05, 0) is 40.7 Å². The molecule has 0 aliphatic rings. The van der Waals surface area contributed by atoms with Gasteiger partial charge < -0.3 is 9.05 Å². The van der Waals surface area contributed by atoms with Gasteiger partial charge in [-0.2, -0.15) is 0 Å². The molecule has 0 aliphatic heterocycles. The van der Waals surface area contributed by atoms with Gasteiger partial charge in [0.25, 0.3) is 0 Å². The molecular weight excluding hydrogens is 318 g/mol. The predicted molar refractivity (Wildman–Crippen MR) is 81.4 cm³/mol. The Kier molecular flexibility index (Phi) is 9.21. The van der Waals surface area contributed by atoms with Crippen LogP contribution < -0.4 is 0 Å². The molecule has 0 saturated heterocycles. The van der Waals surface area contributed by atoms with E-state index >= 15 is 0 Å². The lowest BCUT2D eigenvalue weighted by Crippen LogP contribution is -2.28. The van der Waals surface area contributed by atoms with Gasteiger partial charge in [0.2, 0.25) is 0 Å². The summed E-state index contributed by atoms with van der Waals surface area (Å²) >= 11 is 0. The third-order valence-corrected chi connectivity index (χ3v) is 6.85. The van der Waals surface area contributed by atoms with Gasteiger partial charge >= 0.3 is 15.4 Å². The molecule has 0 radical (unpaired) electrons. The monoisotopic (exact) mass is 344 g/mol. The van der Waals surface area contributed by atoms with Crippen LogP contribution in [-0.2, 0) is 31.7 Å². The van der Waals surface area contributed by atoms with Crippen molar-refractivity contribution in [2.24, 2.45) is 0 Å². The van der Waals surface area contributed by atoms with Crippen molar-refractivity contribution in [2.45, 2.75) is 40.0 Å². The van der Waals surface area contributed by atoms with E-state index < -0.39 is 20.8 Å². The highest BCUT2D eigenvalue weighted by Crippen LogP contribution is 2.67. The van der Waals surface area contributed by atoms with E-state index in [1.807, 2.05) is 0 Å². The summed E-state index contributed by atoms with van der Waals surface area (Å²) in [7, 11) is -7.66. The van der Waals surface area contributed by atoms with Gasteiger partial charge in [0.1, 0.15) is 0 Å². The topological polar surface area (TPSA) is 80.3 Å². The van der Waals surface area contributed by atoms with Crippen LogP contribution in [0.25, 0.3) is 0 Å². The predicted octanol–water partition coefficient (Wildman–Crippen LogP) is 4.35. The molecule has 21 heavy (non-hydrogen) atoms. The Hall–Kier alpha value is -0.0000000000000000416. The molecule has 0 rings (SSSR count). The van der Waals surface area contributed by atoms with Crippen LogP contribution in [0.5, 0.6) is 0 Å². The molecule has 1 unspecified atom stereocenters. The Morgan fingerprint density at radius 2 is 1.29 bits per heavy atom. The van der Waals surface area contributed by atoms with E-state index in [1.165, 1.54) is 13.0 Å². The van der Waals surface area contributed by atoms with Crippen molar-refractivity contribution in [3.05, 3.63) is 12.7 Å². The molecule has 0 aliphatic carbocycles. The zero-order valence-corrected chi connectivity index (χ0v) is 15.2. The molecule has 0 spiro atoms. The highest BCUT2D eigenvalue weighted by Gasteiger charge is 2.51. The van der Waals surface area contributed by atoms with E-state index in [4.69, 9.17) is 22.6 Å². The highest BCUT2D eigenvalue weighted by molar-refractivity contribution is 7.57. The van der Waals surface area contributed by atoms with Crippen molar-refractivity contribution in [3.63, 3.8) is 0 Å². The van der Waals surface area contributed by atoms with Crippen LogP contribution in [-0.4, -0.2) is 31.8 Å². The van der Waals surface area contributed by atoms with Gasteiger partial charge in [-0.1, -0.05) is 6.58 Å². The van der Waals surface area contributed by atoms with Gasteiger partial charge in [-0.25, -0.2) is 4.57 Å². The van der Waals surface area contributed by atoms with Gasteiger partial charge in [0, 0.05) is 0 Å². The van der Waals surface area contributed by atoms with E-state index in [2.05, 4.69) is 6.58 Å². The third-order valence-electron chi connectivity index (χ3n) is 2.39. The molecule has 1 atom stereocenters. The lowest BCUT2D eigenvalue weighted by atomic mass is 10.4. The Morgan fingerprint density at radius 1 is 0.905 bits per heavy atom. The summed E-state index contributed by atoms with van der Waals surface area (Å²) in [6, 6.07) is 0. The van der Waals surface area contributed by atoms with Crippen molar-refractivity contribution in [1.82, 2.24) is 0 Å². The molecule has 0 aromatic carbocycles. The standard InChI is InChI=1S/C12H26O7P2/c1-7-12(6,20(13,15-8-2)16-9-3)19-21(14,17-10-4)18-11-5/h7H,1,8-11H2,2-6H3. The fourth-order valence-electron chi connectivity index (χ4n) is 1.47. The van der Waals surface area contributed by atoms with E-state index in [9.17, 15) is 9.13 Å². The van der Waals surface area contributed by atoms with Crippen LogP contribution >= 0.6 is 15.4 Å². The molecule has 0 heterocycles. The smallest absolute Gasteiger partial charge is 0.307 e. The number of rotatable bonds is 12. The van der Waals surface area contributed by atoms with E-state index in [0.717, 1.165) is 0 Å².